The summed E-state index contributed by atoms with van der Waals surface area (Å²) in [6.45, 7) is 0. The number of nitrogens with zero attached hydrogens (tertiary/aromatic N) is 2. The second-order valence-corrected chi connectivity index (χ2v) is 4.27. The zero-order chi connectivity index (χ0) is 13.3. The first-order chi connectivity index (χ1) is 8.56. The van der Waals surface area contributed by atoms with Gasteiger partial charge in [-0.1, -0.05) is 23.7 Å². The number of hydrogen-bond acceptors (Lipinski definition) is 4. The Balaban J connectivity index is 2.50. The molecule has 0 spiro atoms. The van der Waals surface area contributed by atoms with E-state index in [0.717, 1.165) is 0 Å². The minimum absolute atomic E-state index is 0.393. The molecule has 1 unspecified atom stereocenters. The van der Waals surface area contributed by atoms with Gasteiger partial charge in [-0.05, 0) is 6.07 Å². The Morgan fingerprint density at radius 3 is 2.78 bits per heavy atom. The van der Waals surface area contributed by atoms with Crippen molar-refractivity contribution < 1.29 is 9.84 Å². The van der Waals surface area contributed by atoms with Gasteiger partial charge in [-0.15, -0.1) is 0 Å². The van der Waals surface area contributed by atoms with E-state index >= 15 is 0 Å². The van der Waals surface area contributed by atoms with Gasteiger partial charge in [0.25, 0.3) is 0 Å². The number of rotatable bonds is 3. The number of nitrogens with two attached hydrogens (primary N) is 1. The molecule has 1 heterocycles. The van der Waals surface area contributed by atoms with Crippen LogP contribution in [0.15, 0.2) is 24.4 Å². The van der Waals surface area contributed by atoms with Gasteiger partial charge in [0.2, 0.25) is 0 Å². The average Bonchev–Trinajstić information content (AvgIpc) is 2.68. The molecule has 0 aliphatic carbocycles. The third-order valence-electron chi connectivity index (χ3n) is 2.81. The van der Waals surface area contributed by atoms with Crippen molar-refractivity contribution in [3.63, 3.8) is 0 Å². The average molecular weight is 268 g/mol. The lowest BCUT2D eigenvalue weighted by Gasteiger charge is -2.16. The monoisotopic (exact) mass is 267 g/mol. The molecule has 6 heteroatoms. The standard InChI is InChI=1S/C12H14ClN3O2/c1-16-11(8(13)6-15-16)12(17)7-4-3-5-9(18-2)10(7)14/h3-6,12,17H,14H2,1-2H3. The van der Waals surface area contributed by atoms with Crippen molar-refractivity contribution in [1.82, 2.24) is 9.78 Å². The zero-order valence-electron chi connectivity index (χ0n) is 10.1. The second-order valence-electron chi connectivity index (χ2n) is 3.87. The number of aliphatic hydroxyl groups is 1. The Kier molecular flexibility index (Phi) is 3.45. The van der Waals surface area contributed by atoms with E-state index in [9.17, 15) is 5.11 Å². The van der Waals surface area contributed by atoms with Gasteiger partial charge in [0.1, 0.15) is 11.9 Å². The number of aryl methyl sites for hydroxylation is 1. The van der Waals surface area contributed by atoms with Crippen LogP contribution in [0.25, 0.3) is 0 Å². The summed E-state index contributed by atoms with van der Waals surface area (Å²) in [7, 11) is 3.24. The summed E-state index contributed by atoms with van der Waals surface area (Å²) in [5, 5.41) is 14.7. The Hall–Kier alpha value is -1.72. The molecule has 1 aromatic carbocycles. The summed E-state index contributed by atoms with van der Waals surface area (Å²) in [5.41, 5.74) is 7.37. The summed E-state index contributed by atoms with van der Waals surface area (Å²) in [6, 6.07) is 5.22. The number of para-hydroxylation sites is 1. The molecule has 96 valence electrons. The lowest BCUT2D eigenvalue weighted by atomic mass is 10.0. The molecule has 5 nitrogen and oxygen atoms in total. The Morgan fingerprint density at radius 1 is 1.50 bits per heavy atom. The molecule has 0 saturated carbocycles. The maximum absolute atomic E-state index is 10.4. The minimum Gasteiger partial charge on any atom is -0.495 e. The molecule has 0 radical (unpaired) electrons. The molecule has 0 amide bonds. The van der Waals surface area contributed by atoms with Crippen LogP contribution in [0.4, 0.5) is 5.69 Å². The highest BCUT2D eigenvalue weighted by Crippen LogP contribution is 2.34. The number of ether oxygens (including phenoxy) is 1. The summed E-state index contributed by atoms with van der Waals surface area (Å²) >= 11 is 6.00. The van der Waals surface area contributed by atoms with Crippen LogP contribution in [0.5, 0.6) is 5.75 Å². The number of benzene rings is 1. The highest BCUT2D eigenvalue weighted by Gasteiger charge is 2.21. The van der Waals surface area contributed by atoms with E-state index in [0.29, 0.717) is 27.7 Å². The lowest BCUT2D eigenvalue weighted by Crippen LogP contribution is -2.10. The van der Waals surface area contributed by atoms with Gasteiger partial charge in [0, 0.05) is 12.6 Å². The van der Waals surface area contributed by atoms with Crippen LogP contribution >= 0.6 is 11.6 Å². The van der Waals surface area contributed by atoms with Gasteiger partial charge in [-0.3, -0.25) is 4.68 Å². The Labute approximate surface area is 110 Å². The van der Waals surface area contributed by atoms with Crippen LogP contribution in [0, 0.1) is 0 Å². The van der Waals surface area contributed by atoms with Crippen LogP contribution in [-0.2, 0) is 7.05 Å². The predicted molar refractivity (Wildman–Crippen MR) is 69.7 cm³/mol. The van der Waals surface area contributed by atoms with Gasteiger partial charge in [0.15, 0.2) is 0 Å². The summed E-state index contributed by atoms with van der Waals surface area (Å²) in [6.07, 6.45) is 0.538. The maximum Gasteiger partial charge on any atom is 0.142 e. The van der Waals surface area contributed by atoms with Gasteiger partial charge in [-0.2, -0.15) is 5.10 Å². The van der Waals surface area contributed by atoms with Crippen LogP contribution in [0.2, 0.25) is 5.02 Å². The smallest absolute Gasteiger partial charge is 0.142 e. The Bertz CT molecular complexity index is 549. The molecule has 0 fully saturated rings. The molecule has 2 aromatic rings. The van der Waals surface area contributed by atoms with Gasteiger partial charge in [-0.25, -0.2) is 0 Å². The van der Waals surface area contributed by atoms with Crippen LogP contribution < -0.4 is 10.5 Å². The number of methoxy groups -OCH3 is 1. The number of hydrogen-bond donors (Lipinski definition) is 2. The molecule has 3 N–H and O–H groups in total. The van der Waals surface area contributed by atoms with E-state index in [1.54, 1.807) is 25.2 Å². The van der Waals surface area contributed by atoms with Crippen LogP contribution in [0.3, 0.4) is 0 Å². The van der Waals surface area contributed by atoms with Crippen molar-refractivity contribution >= 4 is 17.3 Å². The molecule has 0 aliphatic rings. The molecule has 1 atom stereocenters. The maximum atomic E-state index is 10.4. The van der Waals surface area contributed by atoms with Crippen molar-refractivity contribution in [1.29, 1.82) is 0 Å². The van der Waals surface area contributed by atoms with Crippen molar-refractivity contribution in [2.75, 3.05) is 12.8 Å². The van der Waals surface area contributed by atoms with E-state index < -0.39 is 6.10 Å². The Morgan fingerprint density at radius 2 is 2.22 bits per heavy atom. The van der Waals surface area contributed by atoms with E-state index in [4.69, 9.17) is 22.1 Å². The van der Waals surface area contributed by atoms with Crippen LogP contribution in [0.1, 0.15) is 17.4 Å². The predicted octanol–water partition coefficient (Wildman–Crippen LogP) is 1.75. The van der Waals surface area contributed by atoms with Crippen molar-refractivity contribution in [3.05, 3.63) is 40.7 Å². The fourth-order valence-corrected chi connectivity index (χ4v) is 2.12. The first-order valence-corrected chi connectivity index (χ1v) is 5.72. The third kappa shape index (κ3) is 2.02. The summed E-state index contributed by atoms with van der Waals surface area (Å²) in [5.74, 6) is 0.518. The molecule has 2 rings (SSSR count). The molecule has 18 heavy (non-hydrogen) atoms. The van der Waals surface area contributed by atoms with E-state index in [1.165, 1.54) is 18.0 Å². The second kappa shape index (κ2) is 4.88. The number of anilines is 1. The lowest BCUT2D eigenvalue weighted by molar-refractivity contribution is 0.210. The van der Waals surface area contributed by atoms with Crippen molar-refractivity contribution in [3.8, 4) is 5.75 Å². The van der Waals surface area contributed by atoms with Crippen LogP contribution in [-0.4, -0.2) is 22.0 Å². The van der Waals surface area contributed by atoms with Gasteiger partial charge >= 0.3 is 0 Å². The zero-order valence-corrected chi connectivity index (χ0v) is 10.8. The molecule has 0 saturated heterocycles. The number of aromatic nitrogens is 2. The van der Waals surface area contributed by atoms with E-state index in [2.05, 4.69) is 5.10 Å². The summed E-state index contributed by atoms with van der Waals surface area (Å²) < 4.78 is 6.64. The quantitative estimate of drug-likeness (QED) is 0.831. The largest absolute Gasteiger partial charge is 0.495 e. The van der Waals surface area contributed by atoms with E-state index in [-0.39, 0.29) is 0 Å². The molecule has 0 aliphatic heterocycles. The van der Waals surface area contributed by atoms with Gasteiger partial charge in [0.05, 0.1) is 29.7 Å². The molecule has 1 aromatic heterocycles. The van der Waals surface area contributed by atoms with Gasteiger partial charge < -0.3 is 15.6 Å². The highest BCUT2D eigenvalue weighted by atomic mass is 35.5. The van der Waals surface area contributed by atoms with Crippen molar-refractivity contribution in [2.24, 2.45) is 7.05 Å². The number of nitrogen functional groups attached to an aromatic ring is 1. The topological polar surface area (TPSA) is 73.3 Å². The normalized spacial score (nSPS) is 12.4. The molecular formula is C12H14ClN3O2. The first-order valence-electron chi connectivity index (χ1n) is 5.34. The minimum atomic E-state index is -0.944. The number of halogens is 1. The fourth-order valence-electron chi connectivity index (χ4n) is 1.85. The molecular weight excluding hydrogens is 254 g/mol. The van der Waals surface area contributed by atoms with Crippen molar-refractivity contribution in [2.45, 2.75) is 6.10 Å². The molecule has 0 bridgehead atoms. The first kappa shape index (κ1) is 12.7. The van der Waals surface area contributed by atoms with E-state index in [1.807, 2.05) is 0 Å². The SMILES string of the molecule is COc1cccc(C(O)c2c(Cl)cnn2C)c1N. The number of aliphatic hydroxyl groups excluding tert-OH is 1. The fraction of sp³-hybridized carbons (Fsp3) is 0.250. The summed E-state index contributed by atoms with van der Waals surface area (Å²) in [4.78, 5) is 0. The third-order valence-corrected chi connectivity index (χ3v) is 3.10. The highest BCUT2D eigenvalue weighted by molar-refractivity contribution is 6.31.